The van der Waals surface area contributed by atoms with E-state index in [-0.39, 0.29) is 6.61 Å². The monoisotopic (exact) mass is 155 g/mol. The van der Waals surface area contributed by atoms with E-state index in [9.17, 15) is 0 Å². The van der Waals surface area contributed by atoms with E-state index in [0.29, 0.717) is 5.69 Å². The third-order valence-electron chi connectivity index (χ3n) is 1.53. The highest BCUT2D eigenvalue weighted by molar-refractivity contribution is 5.39. The number of nitrogens with zero attached hydrogens (tertiary/aromatic N) is 2. The van der Waals surface area contributed by atoms with Gasteiger partial charge in [0.1, 0.15) is 0 Å². The van der Waals surface area contributed by atoms with Gasteiger partial charge in [-0.1, -0.05) is 0 Å². The van der Waals surface area contributed by atoms with Gasteiger partial charge in [0, 0.05) is 19.3 Å². The average molecular weight is 155 g/mol. The Bertz CT molecular complexity index is 212. The van der Waals surface area contributed by atoms with Crippen molar-refractivity contribution in [2.24, 2.45) is 0 Å². The van der Waals surface area contributed by atoms with Crippen molar-refractivity contribution >= 4 is 5.69 Å². The first-order valence-electron chi connectivity index (χ1n) is 3.64. The summed E-state index contributed by atoms with van der Waals surface area (Å²) < 4.78 is 1.75. The molecule has 1 heterocycles. The van der Waals surface area contributed by atoms with Crippen LogP contribution in [-0.4, -0.2) is 21.5 Å². The van der Waals surface area contributed by atoms with Crippen molar-refractivity contribution in [3.63, 3.8) is 0 Å². The Labute approximate surface area is 65.6 Å². The third-order valence-corrected chi connectivity index (χ3v) is 1.53. The van der Waals surface area contributed by atoms with Crippen molar-refractivity contribution < 1.29 is 5.11 Å². The maximum atomic E-state index is 8.53. The number of hydrogen-bond acceptors (Lipinski definition) is 3. The lowest BCUT2D eigenvalue weighted by Gasteiger charge is -1.96. The average Bonchev–Trinajstić information content (AvgIpc) is 2.28. The lowest BCUT2D eigenvalue weighted by atomic mass is 10.4. The van der Waals surface area contributed by atoms with Crippen LogP contribution in [0.25, 0.3) is 0 Å². The molecule has 3 N–H and O–H groups in total. The molecule has 0 radical (unpaired) electrons. The fourth-order valence-corrected chi connectivity index (χ4v) is 0.880. The van der Waals surface area contributed by atoms with Crippen LogP contribution < -0.4 is 5.73 Å². The first-order valence-corrected chi connectivity index (χ1v) is 3.64. The molecule has 62 valence electrons. The number of aromatic nitrogens is 2. The van der Waals surface area contributed by atoms with Crippen LogP contribution in [0.4, 0.5) is 5.69 Å². The molecule has 0 spiro atoms. The topological polar surface area (TPSA) is 64.1 Å². The fourth-order valence-electron chi connectivity index (χ4n) is 0.880. The second-order valence-electron chi connectivity index (χ2n) is 2.51. The standard InChI is InChI=1S/C7H13N3O/c1-6-7(8)5-10(9-6)3-2-4-11/h5,11H,2-4,8H2,1H3. The first-order chi connectivity index (χ1) is 5.24. The predicted molar refractivity (Wildman–Crippen MR) is 43.1 cm³/mol. The van der Waals surface area contributed by atoms with Crippen LogP contribution in [0.3, 0.4) is 0 Å². The Morgan fingerprint density at radius 3 is 2.91 bits per heavy atom. The lowest BCUT2D eigenvalue weighted by Crippen LogP contribution is -2.00. The Morgan fingerprint density at radius 1 is 1.73 bits per heavy atom. The molecule has 4 nitrogen and oxygen atoms in total. The summed E-state index contributed by atoms with van der Waals surface area (Å²) in [5.41, 5.74) is 7.13. The minimum atomic E-state index is 0.193. The summed E-state index contributed by atoms with van der Waals surface area (Å²) in [6.07, 6.45) is 2.51. The van der Waals surface area contributed by atoms with Crippen LogP contribution in [0.2, 0.25) is 0 Å². The largest absolute Gasteiger partial charge is 0.396 e. The number of anilines is 1. The molecule has 1 aromatic heterocycles. The molecule has 0 aliphatic rings. The van der Waals surface area contributed by atoms with Crippen LogP contribution in [-0.2, 0) is 6.54 Å². The van der Waals surface area contributed by atoms with Gasteiger partial charge in [-0.05, 0) is 13.3 Å². The van der Waals surface area contributed by atoms with Crippen LogP contribution in [0.15, 0.2) is 6.20 Å². The van der Waals surface area contributed by atoms with Gasteiger partial charge in [0.25, 0.3) is 0 Å². The second kappa shape index (κ2) is 3.39. The molecular formula is C7H13N3O. The molecule has 0 atom stereocenters. The van der Waals surface area contributed by atoms with E-state index in [1.807, 2.05) is 6.92 Å². The molecule has 0 saturated carbocycles. The summed E-state index contributed by atoms with van der Waals surface area (Å²) in [6, 6.07) is 0. The van der Waals surface area contributed by atoms with Crippen LogP contribution in [0.1, 0.15) is 12.1 Å². The first kappa shape index (κ1) is 8.07. The number of nitrogens with two attached hydrogens (primary N) is 1. The van der Waals surface area contributed by atoms with Crippen molar-refractivity contribution in [1.29, 1.82) is 0 Å². The summed E-state index contributed by atoms with van der Waals surface area (Å²) in [4.78, 5) is 0. The molecule has 4 heteroatoms. The molecule has 0 aliphatic carbocycles. The van der Waals surface area contributed by atoms with E-state index >= 15 is 0 Å². The van der Waals surface area contributed by atoms with Gasteiger partial charge in [0.2, 0.25) is 0 Å². The van der Waals surface area contributed by atoms with E-state index in [4.69, 9.17) is 10.8 Å². The Kier molecular flexibility index (Phi) is 2.48. The summed E-state index contributed by atoms with van der Waals surface area (Å²) >= 11 is 0. The molecule has 1 rings (SSSR count). The van der Waals surface area contributed by atoms with Crippen LogP contribution >= 0.6 is 0 Å². The summed E-state index contributed by atoms with van der Waals surface area (Å²) in [5, 5.41) is 12.7. The smallest absolute Gasteiger partial charge is 0.0822 e. The molecule has 0 fully saturated rings. The van der Waals surface area contributed by atoms with Gasteiger partial charge in [-0.2, -0.15) is 5.10 Å². The van der Waals surface area contributed by atoms with Gasteiger partial charge in [-0.3, -0.25) is 4.68 Å². The van der Waals surface area contributed by atoms with Crippen LogP contribution in [0, 0.1) is 6.92 Å². The highest BCUT2D eigenvalue weighted by Crippen LogP contribution is 2.06. The molecular weight excluding hydrogens is 142 g/mol. The highest BCUT2D eigenvalue weighted by atomic mass is 16.3. The molecule has 0 saturated heterocycles. The molecule has 1 aromatic rings. The molecule has 0 bridgehead atoms. The normalized spacial score (nSPS) is 10.4. The minimum absolute atomic E-state index is 0.193. The van der Waals surface area contributed by atoms with E-state index < -0.39 is 0 Å². The van der Waals surface area contributed by atoms with E-state index in [1.54, 1.807) is 10.9 Å². The van der Waals surface area contributed by atoms with Gasteiger partial charge in [0.05, 0.1) is 11.4 Å². The molecule has 0 amide bonds. The number of rotatable bonds is 3. The quantitative estimate of drug-likeness (QED) is 0.653. The minimum Gasteiger partial charge on any atom is -0.396 e. The zero-order valence-electron chi connectivity index (χ0n) is 6.62. The lowest BCUT2D eigenvalue weighted by molar-refractivity contribution is 0.277. The van der Waals surface area contributed by atoms with Crippen molar-refractivity contribution in [3.05, 3.63) is 11.9 Å². The Hall–Kier alpha value is -1.03. The van der Waals surface area contributed by atoms with Gasteiger partial charge in [-0.25, -0.2) is 0 Å². The Morgan fingerprint density at radius 2 is 2.45 bits per heavy atom. The number of hydrogen-bond donors (Lipinski definition) is 2. The Balaban J connectivity index is 2.58. The zero-order valence-corrected chi connectivity index (χ0v) is 6.62. The SMILES string of the molecule is Cc1nn(CCCO)cc1N. The number of aliphatic hydroxyl groups excluding tert-OH is 1. The summed E-state index contributed by atoms with van der Waals surface area (Å²) in [7, 11) is 0. The fraction of sp³-hybridized carbons (Fsp3) is 0.571. The van der Waals surface area contributed by atoms with Crippen LogP contribution in [0.5, 0.6) is 0 Å². The van der Waals surface area contributed by atoms with Gasteiger partial charge < -0.3 is 10.8 Å². The second-order valence-corrected chi connectivity index (χ2v) is 2.51. The van der Waals surface area contributed by atoms with E-state index in [2.05, 4.69) is 5.10 Å². The van der Waals surface area contributed by atoms with Crippen molar-refractivity contribution in [3.8, 4) is 0 Å². The maximum absolute atomic E-state index is 8.53. The summed E-state index contributed by atoms with van der Waals surface area (Å²) in [6.45, 7) is 2.79. The number of aliphatic hydroxyl groups is 1. The van der Waals surface area contributed by atoms with Gasteiger partial charge in [-0.15, -0.1) is 0 Å². The molecule has 11 heavy (non-hydrogen) atoms. The van der Waals surface area contributed by atoms with E-state index in [1.165, 1.54) is 0 Å². The van der Waals surface area contributed by atoms with E-state index in [0.717, 1.165) is 18.7 Å². The maximum Gasteiger partial charge on any atom is 0.0822 e. The molecule has 0 aromatic carbocycles. The predicted octanol–water partition coefficient (Wildman–Crippen LogP) is 0.156. The van der Waals surface area contributed by atoms with Crippen molar-refractivity contribution in [1.82, 2.24) is 9.78 Å². The molecule has 0 aliphatic heterocycles. The van der Waals surface area contributed by atoms with Crippen molar-refractivity contribution in [2.45, 2.75) is 19.9 Å². The zero-order chi connectivity index (χ0) is 8.27. The highest BCUT2D eigenvalue weighted by Gasteiger charge is 1.98. The third kappa shape index (κ3) is 1.94. The van der Waals surface area contributed by atoms with Gasteiger partial charge in [0.15, 0.2) is 0 Å². The summed E-state index contributed by atoms with van der Waals surface area (Å²) in [5.74, 6) is 0. The van der Waals surface area contributed by atoms with Gasteiger partial charge >= 0.3 is 0 Å². The molecule has 0 unspecified atom stereocenters. The van der Waals surface area contributed by atoms with Crippen molar-refractivity contribution in [2.75, 3.05) is 12.3 Å². The number of aryl methyl sites for hydroxylation is 2. The number of nitrogen functional groups attached to an aromatic ring is 1.